The minimum Gasteiger partial charge on any atom is -0.233 e. The van der Waals surface area contributed by atoms with Gasteiger partial charge in [-0.2, -0.15) is 0 Å². The number of fused-ring (bicyclic) bond motifs is 1. The fraction of sp³-hybridized carbons (Fsp3) is 0.0400. The first-order chi connectivity index (χ1) is 13.4. The molecule has 2 aliphatic heterocycles. The molecule has 0 fully saturated rings. The lowest BCUT2D eigenvalue weighted by atomic mass is 10.0. The van der Waals surface area contributed by atoms with Crippen LogP contribution < -0.4 is 4.57 Å². The Labute approximate surface area is 163 Å². The predicted molar refractivity (Wildman–Crippen MR) is 113 cm³/mol. The van der Waals surface area contributed by atoms with Crippen LogP contribution in [0.1, 0.15) is 5.56 Å². The highest BCUT2D eigenvalue weighted by Crippen LogP contribution is 2.47. The summed E-state index contributed by atoms with van der Waals surface area (Å²) in [6.07, 6.45) is 4.60. The Morgan fingerprint density at radius 3 is 2.04 bits per heavy atom. The van der Waals surface area contributed by atoms with Crippen molar-refractivity contribution < 1.29 is 4.57 Å². The highest BCUT2D eigenvalue weighted by Gasteiger charge is 2.20. The number of rotatable bonds is 4. The molecule has 2 heterocycles. The van der Waals surface area contributed by atoms with E-state index >= 15 is 0 Å². The van der Waals surface area contributed by atoms with Crippen LogP contribution in [-0.4, -0.2) is 0 Å². The van der Waals surface area contributed by atoms with E-state index in [2.05, 4.69) is 108 Å². The van der Waals surface area contributed by atoms with Gasteiger partial charge in [0.15, 0.2) is 6.54 Å². The van der Waals surface area contributed by atoms with Gasteiger partial charge in [0.1, 0.15) is 12.4 Å². The van der Waals surface area contributed by atoms with E-state index in [0.717, 1.165) is 6.54 Å². The molecule has 5 rings (SSSR count). The third-order valence-corrected chi connectivity index (χ3v) is 6.17. The summed E-state index contributed by atoms with van der Waals surface area (Å²) in [6, 6.07) is 32.1. The van der Waals surface area contributed by atoms with Crippen molar-refractivity contribution in [3.63, 3.8) is 0 Å². The van der Waals surface area contributed by atoms with Gasteiger partial charge >= 0.3 is 0 Å². The molecule has 3 aromatic carbocycles. The highest BCUT2D eigenvalue weighted by atomic mass is 32.1. The van der Waals surface area contributed by atoms with E-state index in [1.165, 1.54) is 37.6 Å². The van der Waals surface area contributed by atoms with E-state index in [4.69, 9.17) is 0 Å². The van der Waals surface area contributed by atoms with Gasteiger partial charge in [-0.1, -0.05) is 84.4 Å². The first-order valence-electron chi connectivity index (χ1n) is 9.15. The van der Waals surface area contributed by atoms with E-state index in [0.29, 0.717) is 0 Å². The van der Waals surface area contributed by atoms with Gasteiger partial charge in [0.05, 0.1) is 0 Å². The number of hydrogen-bond acceptors (Lipinski definition) is 1. The third-order valence-electron chi connectivity index (χ3n) is 4.85. The second-order valence-corrected chi connectivity index (χ2v) is 7.76. The minimum absolute atomic E-state index is 0.892. The molecule has 2 aliphatic rings. The van der Waals surface area contributed by atoms with Crippen molar-refractivity contribution >= 4 is 11.3 Å². The van der Waals surface area contributed by atoms with Crippen molar-refractivity contribution in [2.24, 2.45) is 0 Å². The molecule has 0 N–H and O–H groups in total. The van der Waals surface area contributed by atoms with Gasteiger partial charge in [0, 0.05) is 5.56 Å². The fourth-order valence-corrected chi connectivity index (χ4v) is 4.83. The van der Waals surface area contributed by atoms with Gasteiger partial charge in [-0.25, -0.2) is 15.9 Å². The summed E-state index contributed by atoms with van der Waals surface area (Å²) in [5, 5.41) is 0. The third kappa shape index (κ3) is 3.09. The van der Waals surface area contributed by atoms with Crippen LogP contribution in [0.25, 0.3) is 32.0 Å². The van der Waals surface area contributed by atoms with Crippen LogP contribution in [0.2, 0.25) is 0 Å². The number of thiophene rings is 1. The van der Waals surface area contributed by atoms with Gasteiger partial charge in [0.25, 0.3) is 0 Å². The molecule has 0 radical (unpaired) electrons. The summed E-state index contributed by atoms with van der Waals surface area (Å²) in [5.74, 6) is 0. The van der Waals surface area contributed by atoms with E-state index < -0.39 is 0 Å². The molecule has 0 atom stereocenters. The first kappa shape index (κ1) is 16.1. The smallest absolute Gasteiger partial charge is 0.167 e. The maximum Gasteiger partial charge on any atom is 0.167 e. The molecule has 0 bridgehead atoms. The number of aromatic nitrogens is 1. The zero-order chi connectivity index (χ0) is 18.1. The Morgan fingerprint density at radius 2 is 1.33 bits per heavy atom. The molecule has 27 heavy (non-hydrogen) atoms. The molecule has 0 saturated heterocycles. The van der Waals surface area contributed by atoms with Gasteiger partial charge in [-0.05, 0) is 26.4 Å². The Balaban J connectivity index is 1.66. The average Bonchev–Trinajstić information content (AvgIpc) is 3.29. The van der Waals surface area contributed by atoms with Crippen LogP contribution in [0, 0.1) is 0 Å². The zero-order valence-corrected chi connectivity index (χ0v) is 15.7. The zero-order valence-electron chi connectivity index (χ0n) is 14.9. The highest BCUT2D eigenvalue weighted by molar-refractivity contribution is 7.20. The molecular formula is C25H19NS. The molecule has 130 valence electrons. The topological polar surface area (TPSA) is 3.88 Å². The predicted octanol–water partition coefficient (Wildman–Crippen LogP) is 6.24. The molecule has 0 spiro atoms. The van der Waals surface area contributed by atoms with Crippen molar-refractivity contribution in [2.75, 3.05) is 0 Å². The molecule has 2 heteroatoms. The van der Waals surface area contributed by atoms with Gasteiger partial charge < -0.3 is 0 Å². The van der Waals surface area contributed by atoms with E-state index in [9.17, 15) is 0 Å². The number of hydrogen-bond donors (Lipinski definition) is 0. The average molecular weight is 366 g/mol. The van der Waals surface area contributed by atoms with Gasteiger partial charge in [0.2, 0.25) is 0 Å². The Morgan fingerprint density at radius 1 is 0.704 bits per heavy atom. The summed E-state index contributed by atoms with van der Waals surface area (Å²) >= 11 is 1.89. The van der Waals surface area contributed by atoms with Crippen molar-refractivity contribution in [3.05, 3.63) is 109 Å². The van der Waals surface area contributed by atoms with Crippen molar-refractivity contribution in [1.29, 1.82) is 0 Å². The molecule has 3 aromatic rings. The van der Waals surface area contributed by atoms with E-state index in [-0.39, 0.29) is 0 Å². The van der Waals surface area contributed by atoms with Crippen molar-refractivity contribution in [2.45, 2.75) is 6.54 Å². The minimum atomic E-state index is 0.892. The molecule has 1 nitrogen and oxygen atoms in total. The SMILES string of the molecule is c1ccc(C[n+]2cc3c(-c4ccccc4)s[c-](-c4ccccc4)c-3c2)cc1. The van der Waals surface area contributed by atoms with Crippen LogP contribution in [-0.2, 0) is 6.54 Å². The lowest BCUT2D eigenvalue weighted by Crippen LogP contribution is -2.30. The maximum absolute atomic E-state index is 2.31. The quantitative estimate of drug-likeness (QED) is 0.262. The molecular weight excluding hydrogens is 346 g/mol. The second kappa shape index (κ2) is 6.90. The molecule has 0 amide bonds. The van der Waals surface area contributed by atoms with Crippen LogP contribution in [0.4, 0.5) is 0 Å². The Kier molecular flexibility index (Phi) is 4.11. The van der Waals surface area contributed by atoms with Crippen LogP contribution >= 0.6 is 11.3 Å². The largest absolute Gasteiger partial charge is 0.233 e. The maximum atomic E-state index is 2.31. The summed E-state index contributed by atoms with van der Waals surface area (Å²) in [4.78, 5) is 2.69. The Bertz CT molecular complexity index is 1050. The van der Waals surface area contributed by atoms with Crippen molar-refractivity contribution in [1.82, 2.24) is 0 Å². The summed E-state index contributed by atoms with van der Waals surface area (Å²) in [6.45, 7) is 0.892. The lowest BCUT2D eigenvalue weighted by molar-refractivity contribution is -0.684. The molecule has 0 saturated carbocycles. The number of benzene rings is 3. The first-order valence-corrected chi connectivity index (χ1v) is 9.97. The standard InChI is InChI=1S/C25H19NS/c1-4-10-19(11-5-1)16-26-17-22-23(18-26)25(21-14-8-3-9-15-21)27-24(22)20-12-6-2-7-13-20/h1-15,17-18H,16H2. The fourth-order valence-electron chi connectivity index (χ4n) is 3.58. The summed E-state index contributed by atoms with van der Waals surface area (Å²) in [7, 11) is 0. The summed E-state index contributed by atoms with van der Waals surface area (Å²) in [5.41, 5.74) is 6.56. The second-order valence-electron chi connectivity index (χ2n) is 6.74. The van der Waals surface area contributed by atoms with E-state index in [1.54, 1.807) is 0 Å². The van der Waals surface area contributed by atoms with E-state index in [1.807, 2.05) is 11.3 Å². The molecule has 0 aliphatic carbocycles. The number of nitrogens with zero attached hydrogens (tertiary/aromatic N) is 1. The summed E-state index contributed by atoms with van der Waals surface area (Å²) < 4.78 is 2.31. The Hall–Kier alpha value is -3.10. The van der Waals surface area contributed by atoms with Gasteiger partial charge in [-0.3, -0.25) is 0 Å². The molecule has 0 unspecified atom stereocenters. The van der Waals surface area contributed by atoms with Crippen molar-refractivity contribution in [3.8, 4) is 32.0 Å². The van der Waals surface area contributed by atoms with Crippen LogP contribution in [0.15, 0.2) is 103 Å². The molecule has 0 aromatic heterocycles. The normalized spacial score (nSPS) is 11.1. The van der Waals surface area contributed by atoms with Gasteiger partial charge in [-0.15, -0.1) is 12.1 Å². The van der Waals surface area contributed by atoms with Crippen LogP contribution in [0.5, 0.6) is 0 Å². The monoisotopic (exact) mass is 365 g/mol. The lowest BCUT2D eigenvalue weighted by Gasteiger charge is -2.03. The van der Waals surface area contributed by atoms with Crippen LogP contribution in [0.3, 0.4) is 0 Å².